The molecule has 0 saturated heterocycles. The molecule has 1 aromatic carbocycles. The number of benzene rings is 1. The number of nitrogens with one attached hydrogen (secondary N) is 1. The summed E-state index contributed by atoms with van der Waals surface area (Å²) in [4.78, 5) is 11.3. The summed E-state index contributed by atoms with van der Waals surface area (Å²) in [5, 5.41) is 10.9. The highest BCUT2D eigenvalue weighted by Crippen LogP contribution is 2.23. The minimum absolute atomic E-state index is 0.353. The summed E-state index contributed by atoms with van der Waals surface area (Å²) in [6.07, 6.45) is 0. The normalized spacial score (nSPS) is 11.6. The van der Waals surface area contributed by atoms with E-state index < -0.39 is 5.38 Å². The van der Waals surface area contributed by atoms with E-state index in [-0.39, 0.29) is 5.91 Å². The zero-order valence-electron chi connectivity index (χ0n) is 7.92. The Balaban J connectivity index is 2.94. The highest BCUT2D eigenvalue weighted by Gasteiger charge is 2.11. The molecule has 78 valence electrons. The number of rotatable bonds is 2. The van der Waals surface area contributed by atoms with Gasteiger partial charge in [-0.15, -0.1) is 11.6 Å². The summed E-state index contributed by atoms with van der Waals surface area (Å²) in [6.45, 7) is 1.55. The van der Waals surface area contributed by atoms with E-state index in [4.69, 9.17) is 28.5 Å². The third-order valence-electron chi connectivity index (χ3n) is 1.71. The van der Waals surface area contributed by atoms with Crippen LogP contribution >= 0.6 is 23.2 Å². The van der Waals surface area contributed by atoms with E-state index in [1.165, 1.54) is 6.07 Å². The van der Waals surface area contributed by atoms with Gasteiger partial charge in [-0.3, -0.25) is 4.79 Å². The topological polar surface area (TPSA) is 52.9 Å². The van der Waals surface area contributed by atoms with Crippen molar-refractivity contribution < 1.29 is 4.79 Å². The third-order valence-corrected chi connectivity index (χ3v) is 2.24. The fourth-order valence-electron chi connectivity index (χ4n) is 0.923. The molecule has 1 rings (SSSR count). The third kappa shape index (κ3) is 3.12. The molecule has 1 aromatic rings. The Hall–Kier alpha value is -1.24. The van der Waals surface area contributed by atoms with Gasteiger partial charge in [-0.05, 0) is 25.1 Å². The first kappa shape index (κ1) is 11.8. The molecule has 3 nitrogen and oxygen atoms in total. The molecule has 15 heavy (non-hydrogen) atoms. The second-order valence-corrected chi connectivity index (χ2v) is 3.97. The van der Waals surface area contributed by atoms with Crippen LogP contribution in [0.3, 0.4) is 0 Å². The lowest BCUT2D eigenvalue weighted by molar-refractivity contribution is -0.115. The summed E-state index contributed by atoms with van der Waals surface area (Å²) >= 11 is 11.4. The van der Waals surface area contributed by atoms with Crippen LogP contribution in [0.5, 0.6) is 0 Å². The van der Waals surface area contributed by atoms with E-state index in [0.717, 1.165) is 0 Å². The lowest BCUT2D eigenvalue weighted by Crippen LogP contribution is -2.20. The van der Waals surface area contributed by atoms with Crippen LogP contribution in [0.1, 0.15) is 12.5 Å². The molecule has 1 unspecified atom stereocenters. The van der Waals surface area contributed by atoms with Crippen molar-refractivity contribution in [2.24, 2.45) is 0 Å². The fourth-order valence-corrected chi connectivity index (χ4v) is 1.14. The van der Waals surface area contributed by atoms with Crippen LogP contribution in [-0.2, 0) is 4.79 Å². The molecule has 0 bridgehead atoms. The Morgan fingerprint density at radius 1 is 1.60 bits per heavy atom. The number of anilines is 1. The molecular weight excluding hydrogens is 235 g/mol. The average Bonchev–Trinajstić information content (AvgIpc) is 2.21. The van der Waals surface area contributed by atoms with E-state index in [1.54, 1.807) is 19.1 Å². The van der Waals surface area contributed by atoms with Gasteiger partial charge in [0, 0.05) is 0 Å². The maximum absolute atomic E-state index is 11.3. The summed E-state index contributed by atoms with van der Waals surface area (Å²) in [7, 11) is 0. The zero-order valence-corrected chi connectivity index (χ0v) is 9.43. The smallest absolute Gasteiger partial charge is 0.242 e. The van der Waals surface area contributed by atoms with Gasteiger partial charge in [0.15, 0.2) is 0 Å². The number of hydrogen-bond donors (Lipinski definition) is 1. The number of hydrogen-bond acceptors (Lipinski definition) is 2. The first-order valence-corrected chi connectivity index (χ1v) is 5.00. The SMILES string of the molecule is CC(Cl)C(=O)Nc1cc(C#N)ccc1Cl. The highest BCUT2D eigenvalue weighted by atomic mass is 35.5. The number of nitrogens with zero attached hydrogens (tertiary/aromatic N) is 1. The molecule has 0 spiro atoms. The van der Waals surface area contributed by atoms with Crippen LogP contribution in [0.25, 0.3) is 0 Å². The number of alkyl halides is 1. The van der Waals surface area contributed by atoms with Crippen molar-refractivity contribution in [1.82, 2.24) is 0 Å². The summed E-state index contributed by atoms with van der Waals surface area (Å²) in [5.41, 5.74) is 0.824. The predicted molar refractivity (Wildman–Crippen MR) is 60.1 cm³/mol. The summed E-state index contributed by atoms with van der Waals surface area (Å²) in [5.74, 6) is -0.353. The van der Waals surface area contributed by atoms with Gasteiger partial charge in [0.2, 0.25) is 5.91 Å². The van der Waals surface area contributed by atoms with E-state index in [9.17, 15) is 4.79 Å². The molecule has 1 amide bonds. The van der Waals surface area contributed by atoms with Crippen molar-refractivity contribution >= 4 is 34.8 Å². The van der Waals surface area contributed by atoms with Gasteiger partial charge < -0.3 is 5.32 Å². The Bertz CT molecular complexity index is 424. The quantitative estimate of drug-likeness (QED) is 0.812. The van der Waals surface area contributed by atoms with Gasteiger partial charge in [-0.2, -0.15) is 5.26 Å². The molecule has 1 atom stereocenters. The van der Waals surface area contributed by atoms with Crippen LogP contribution in [-0.4, -0.2) is 11.3 Å². The molecule has 0 aromatic heterocycles. The van der Waals surface area contributed by atoms with Crippen LogP contribution in [0.4, 0.5) is 5.69 Å². The molecule has 0 radical (unpaired) electrons. The van der Waals surface area contributed by atoms with Crippen molar-refractivity contribution in [3.63, 3.8) is 0 Å². The van der Waals surface area contributed by atoms with Crippen LogP contribution < -0.4 is 5.32 Å². The van der Waals surface area contributed by atoms with Crippen molar-refractivity contribution in [2.45, 2.75) is 12.3 Å². The average molecular weight is 243 g/mol. The number of amides is 1. The van der Waals surface area contributed by atoms with Gasteiger partial charge >= 0.3 is 0 Å². The maximum atomic E-state index is 11.3. The Morgan fingerprint density at radius 3 is 2.80 bits per heavy atom. The Labute approximate surface area is 97.6 Å². The predicted octanol–water partition coefficient (Wildman–Crippen LogP) is 2.78. The van der Waals surface area contributed by atoms with Gasteiger partial charge in [0.1, 0.15) is 5.38 Å². The van der Waals surface area contributed by atoms with Gasteiger partial charge in [-0.1, -0.05) is 11.6 Å². The van der Waals surface area contributed by atoms with E-state index in [1.807, 2.05) is 6.07 Å². The highest BCUT2D eigenvalue weighted by molar-refractivity contribution is 6.35. The zero-order chi connectivity index (χ0) is 11.4. The van der Waals surface area contributed by atoms with Crippen LogP contribution in [0.15, 0.2) is 18.2 Å². The van der Waals surface area contributed by atoms with Crippen LogP contribution in [0, 0.1) is 11.3 Å². The largest absolute Gasteiger partial charge is 0.323 e. The Morgan fingerprint density at radius 2 is 2.27 bits per heavy atom. The second kappa shape index (κ2) is 5.01. The van der Waals surface area contributed by atoms with Gasteiger partial charge in [0.05, 0.1) is 22.3 Å². The molecule has 0 heterocycles. The first-order valence-electron chi connectivity index (χ1n) is 4.19. The minimum atomic E-state index is -0.646. The molecule has 1 N–H and O–H groups in total. The Kier molecular flexibility index (Phi) is 3.96. The molecule has 0 saturated carbocycles. The standard InChI is InChI=1S/C10H8Cl2N2O/c1-6(11)10(15)14-9-4-7(5-13)2-3-8(9)12/h2-4,6H,1H3,(H,14,15). The van der Waals surface area contributed by atoms with Crippen molar-refractivity contribution in [3.8, 4) is 6.07 Å². The second-order valence-electron chi connectivity index (χ2n) is 2.91. The van der Waals surface area contributed by atoms with E-state index >= 15 is 0 Å². The van der Waals surface area contributed by atoms with Gasteiger partial charge in [-0.25, -0.2) is 0 Å². The first-order chi connectivity index (χ1) is 7.04. The molecule has 5 heteroatoms. The monoisotopic (exact) mass is 242 g/mol. The van der Waals surface area contributed by atoms with E-state index in [2.05, 4.69) is 5.32 Å². The molecular formula is C10H8Cl2N2O. The minimum Gasteiger partial charge on any atom is -0.323 e. The molecule has 0 aliphatic rings. The number of nitriles is 1. The molecule has 0 aliphatic heterocycles. The summed E-state index contributed by atoms with van der Waals surface area (Å²) < 4.78 is 0. The molecule has 0 aliphatic carbocycles. The maximum Gasteiger partial charge on any atom is 0.242 e. The molecule has 0 fully saturated rings. The summed E-state index contributed by atoms with van der Waals surface area (Å²) in [6, 6.07) is 6.58. The number of halogens is 2. The van der Waals surface area contributed by atoms with Gasteiger partial charge in [0.25, 0.3) is 0 Å². The van der Waals surface area contributed by atoms with Crippen LogP contribution in [0.2, 0.25) is 5.02 Å². The number of carbonyl (C=O) groups is 1. The van der Waals surface area contributed by atoms with Crippen molar-refractivity contribution in [2.75, 3.05) is 5.32 Å². The lowest BCUT2D eigenvalue weighted by Gasteiger charge is -2.08. The van der Waals surface area contributed by atoms with Crippen molar-refractivity contribution in [1.29, 1.82) is 5.26 Å². The van der Waals surface area contributed by atoms with Crippen molar-refractivity contribution in [3.05, 3.63) is 28.8 Å². The fraction of sp³-hybridized carbons (Fsp3) is 0.200. The van der Waals surface area contributed by atoms with E-state index in [0.29, 0.717) is 16.3 Å². The number of carbonyl (C=O) groups excluding carboxylic acids is 1. The lowest BCUT2D eigenvalue weighted by atomic mass is 10.2.